The molecule has 1 aromatic carbocycles. The number of nitrogens with one attached hydrogen (secondary N) is 1. The summed E-state index contributed by atoms with van der Waals surface area (Å²) in [4.78, 5) is 13.2. The van der Waals surface area contributed by atoms with Gasteiger partial charge in [-0.1, -0.05) is 30.3 Å². The zero-order chi connectivity index (χ0) is 20.8. The lowest BCUT2D eigenvalue weighted by Gasteiger charge is -2.15. The van der Waals surface area contributed by atoms with Gasteiger partial charge in [-0.2, -0.15) is 4.68 Å². The number of rotatable bonds is 8. The second-order valence-electron chi connectivity index (χ2n) is 6.82. The summed E-state index contributed by atoms with van der Waals surface area (Å²) in [7, 11) is 0. The van der Waals surface area contributed by atoms with E-state index in [4.69, 9.17) is 8.83 Å². The molecule has 0 spiro atoms. The Morgan fingerprint density at radius 3 is 2.63 bits per heavy atom. The van der Waals surface area contributed by atoms with Crippen LogP contribution in [0.3, 0.4) is 0 Å². The summed E-state index contributed by atoms with van der Waals surface area (Å²) in [6.07, 6.45) is 6.27. The number of furan rings is 2. The second-order valence-corrected chi connectivity index (χ2v) is 6.82. The predicted octanol–water partition coefficient (Wildman–Crippen LogP) is 3.66. The highest BCUT2D eigenvalue weighted by atomic mass is 16.3. The van der Waals surface area contributed by atoms with Crippen LogP contribution in [0, 0.1) is 0 Å². The summed E-state index contributed by atoms with van der Waals surface area (Å²) in [6.45, 7) is 1.95. The molecule has 4 rings (SSSR count). The number of aryl methyl sites for hydroxylation is 1. The van der Waals surface area contributed by atoms with Gasteiger partial charge in [-0.05, 0) is 48.0 Å². The average Bonchev–Trinajstić information content (AvgIpc) is 3.54. The number of amides is 1. The lowest BCUT2D eigenvalue weighted by Crippen LogP contribution is -2.35. The summed E-state index contributed by atoms with van der Waals surface area (Å²) in [5.74, 6) is 1.57. The van der Waals surface area contributed by atoms with Crippen molar-refractivity contribution in [3.63, 3.8) is 0 Å². The van der Waals surface area contributed by atoms with Gasteiger partial charge in [-0.3, -0.25) is 4.79 Å². The SMILES string of the molecule is CC(CCc1ccco1)NC(=O)/C(=C/c1ccco1)n1nnnc1-c1ccccc1. The highest BCUT2D eigenvalue weighted by molar-refractivity contribution is 6.18. The van der Waals surface area contributed by atoms with Gasteiger partial charge in [0.1, 0.15) is 17.2 Å². The van der Waals surface area contributed by atoms with Crippen LogP contribution in [0.1, 0.15) is 24.9 Å². The van der Waals surface area contributed by atoms with Crippen molar-refractivity contribution in [2.45, 2.75) is 25.8 Å². The van der Waals surface area contributed by atoms with Crippen molar-refractivity contribution in [3.05, 3.63) is 78.6 Å². The Kier molecular flexibility index (Phi) is 5.84. The number of carbonyl (C=O) groups is 1. The van der Waals surface area contributed by atoms with Crippen molar-refractivity contribution < 1.29 is 13.6 Å². The largest absolute Gasteiger partial charge is 0.469 e. The third-order valence-corrected chi connectivity index (χ3v) is 4.57. The number of aromatic nitrogens is 4. The molecule has 0 aliphatic carbocycles. The molecule has 0 fully saturated rings. The minimum absolute atomic E-state index is 0.0840. The molecule has 3 heterocycles. The molecule has 3 aromatic heterocycles. The van der Waals surface area contributed by atoms with E-state index in [-0.39, 0.29) is 17.6 Å². The molecule has 0 saturated carbocycles. The van der Waals surface area contributed by atoms with Crippen molar-refractivity contribution in [2.24, 2.45) is 0 Å². The minimum atomic E-state index is -0.303. The van der Waals surface area contributed by atoms with Gasteiger partial charge >= 0.3 is 0 Å². The normalized spacial score (nSPS) is 12.6. The number of nitrogens with zero attached hydrogens (tertiary/aromatic N) is 4. The maximum Gasteiger partial charge on any atom is 0.270 e. The summed E-state index contributed by atoms with van der Waals surface area (Å²) in [5, 5.41) is 15.0. The third kappa shape index (κ3) is 4.54. The Morgan fingerprint density at radius 1 is 1.10 bits per heavy atom. The van der Waals surface area contributed by atoms with Gasteiger partial charge in [0, 0.05) is 24.1 Å². The lowest BCUT2D eigenvalue weighted by molar-refractivity contribution is -0.116. The van der Waals surface area contributed by atoms with Crippen molar-refractivity contribution in [3.8, 4) is 11.4 Å². The molecular weight excluding hydrogens is 382 g/mol. The van der Waals surface area contributed by atoms with Crippen molar-refractivity contribution in [1.29, 1.82) is 0 Å². The van der Waals surface area contributed by atoms with Crippen LogP contribution in [0.25, 0.3) is 23.2 Å². The van der Waals surface area contributed by atoms with E-state index in [1.54, 1.807) is 30.7 Å². The fraction of sp³-hybridized carbons (Fsp3) is 0.182. The lowest BCUT2D eigenvalue weighted by atomic mass is 10.1. The van der Waals surface area contributed by atoms with E-state index < -0.39 is 0 Å². The Bertz CT molecular complexity index is 1100. The molecule has 1 N–H and O–H groups in total. The predicted molar refractivity (Wildman–Crippen MR) is 111 cm³/mol. The zero-order valence-electron chi connectivity index (χ0n) is 16.4. The molecule has 0 radical (unpaired) electrons. The van der Waals surface area contributed by atoms with Crippen LogP contribution < -0.4 is 5.32 Å². The highest BCUT2D eigenvalue weighted by Gasteiger charge is 2.21. The van der Waals surface area contributed by atoms with Crippen molar-refractivity contribution >= 4 is 17.7 Å². The van der Waals surface area contributed by atoms with Gasteiger partial charge in [-0.25, -0.2) is 0 Å². The standard InChI is InChI=1S/C22H21N5O3/c1-16(11-12-18-9-5-13-29-18)23-22(28)20(15-19-10-6-14-30-19)27-21(24-25-26-27)17-7-3-2-4-8-17/h2-10,13-16H,11-12H2,1H3,(H,23,28)/b20-15-. The fourth-order valence-corrected chi connectivity index (χ4v) is 3.03. The van der Waals surface area contributed by atoms with Crippen LogP contribution in [0.15, 0.2) is 76.0 Å². The topological polar surface area (TPSA) is 99.0 Å². The maximum atomic E-state index is 13.2. The summed E-state index contributed by atoms with van der Waals surface area (Å²) in [5.41, 5.74) is 1.06. The molecule has 0 aliphatic heterocycles. The Labute approximate surface area is 173 Å². The fourth-order valence-electron chi connectivity index (χ4n) is 3.03. The maximum absolute atomic E-state index is 13.2. The van der Waals surface area contributed by atoms with Gasteiger partial charge in [-0.15, -0.1) is 5.10 Å². The first-order valence-corrected chi connectivity index (χ1v) is 9.63. The molecule has 8 nitrogen and oxygen atoms in total. The summed E-state index contributed by atoms with van der Waals surface area (Å²) < 4.78 is 12.2. The van der Waals surface area contributed by atoms with Crippen LogP contribution in [-0.4, -0.2) is 32.2 Å². The molecular formula is C22H21N5O3. The first-order valence-electron chi connectivity index (χ1n) is 9.63. The molecule has 30 heavy (non-hydrogen) atoms. The van der Waals surface area contributed by atoms with E-state index in [1.807, 2.05) is 49.4 Å². The quantitative estimate of drug-likeness (QED) is 0.451. The van der Waals surface area contributed by atoms with E-state index in [0.717, 1.165) is 24.2 Å². The molecule has 152 valence electrons. The van der Waals surface area contributed by atoms with Gasteiger partial charge in [0.2, 0.25) is 0 Å². The Balaban J connectivity index is 1.58. The van der Waals surface area contributed by atoms with E-state index in [9.17, 15) is 4.79 Å². The Morgan fingerprint density at radius 2 is 1.90 bits per heavy atom. The number of carbonyl (C=O) groups excluding carboxylic acids is 1. The molecule has 1 atom stereocenters. The molecule has 0 aliphatic rings. The zero-order valence-corrected chi connectivity index (χ0v) is 16.4. The van der Waals surface area contributed by atoms with E-state index >= 15 is 0 Å². The monoisotopic (exact) mass is 403 g/mol. The molecule has 8 heteroatoms. The van der Waals surface area contributed by atoms with Crippen molar-refractivity contribution in [1.82, 2.24) is 25.5 Å². The first kappa shape index (κ1) is 19.4. The molecule has 1 unspecified atom stereocenters. The van der Waals surface area contributed by atoms with Gasteiger partial charge in [0.05, 0.1) is 12.5 Å². The minimum Gasteiger partial charge on any atom is -0.469 e. The molecule has 0 bridgehead atoms. The average molecular weight is 403 g/mol. The van der Waals surface area contributed by atoms with Crippen LogP contribution in [0.5, 0.6) is 0 Å². The van der Waals surface area contributed by atoms with E-state index in [1.165, 1.54) is 4.68 Å². The van der Waals surface area contributed by atoms with Crippen LogP contribution in [0.4, 0.5) is 0 Å². The smallest absolute Gasteiger partial charge is 0.270 e. The van der Waals surface area contributed by atoms with Gasteiger partial charge < -0.3 is 14.2 Å². The third-order valence-electron chi connectivity index (χ3n) is 4.57. The first-order chi connectivity index (χ1) is 14.7. The second kappa shape index (κ2) is 9.04. The number of benzene rings is 1. The van der Waals surface area contributed by atoms with Crippen LogP contribution in [0.2, 0.25) is 0 Å². The highest BCUT2D eigenvalue weighted by Crippen LogP contribution is 2.21. The van der Waals surface area contributed by atoms with Crippen molar-refractivity contribution in [2.75, 3.05) is 0 Å². The molecule has 4 aromatic rings. The van der Waals surface area contributed by atoms with E-state index in [2.05, 4.69) is 20.8 Å². The number of hydrogen-bond donors (Lipinski definition) is 1. The molecule has 0 saturated heterocycles. The summed E-state index contributed by atoms with van der Waals surface area (Å²) >= 11 is 0. The number of tetrazole rings is 1. The van der Waals surface area contributed by atoms with Gasteiger partial charge in [0.25, 0.3) is 5.91 Å². The number of hydrogen-bond acceptors (Lipinski definition) is 6. The Hall–Kier alpha value is -3.94. The van der Waals surface area contributed by atoms with Crippen LogP contribution >= 0.6 is 0 Å². The summed E-state index contributed by atoms with van der Waals surface area (Å²) in [6, 6.07) is 16.7. The molecule has 1 amide bonds. The van der Waals surface area contributed by atoms with Crippen LogP contribution in [-0.2, 0) is 11.2 Å². The van der Waals surface area contributed by atoms with E-state index in [0.29, 0.717) is 11.6 Å². The van der Waals surface area contributed by atoms with Gasteiger partial charge in [0.15, 0.2) is 5.82 Å².